The molecule has 2 heterocycles. The van der Waals surface area contributed by atoms with Crippen LogP contribution in [0.2, 0.25) is 0 Å². The minimum absolute atomic E-state index is 0.0732. The maximum atomic E-state index is 13.9. The number of fused-ring (bicyclic) bond motifs is 1. The lowest BCUT2D eigenvalue weighted by Gasteiger charge is -2.15. The number of methoxy groups -OCH3 is 2. The van der Waals surface area contributed by atoms with Crippen molar-refractivity contribution < 1.29 is 26.3 Å². The Kier molecular flexibility index (Phi) is 6.91. The van der Waals surface area contributed by atoms with Gasteiger partial charge < -0.3 is 14.4 Å². The highest BCUT2D eigenvalue weighted by atomic mass is 32.2. The number of nitrogens with zero attached hydrogens (tertiary/aromatic N) is 4. The van der Waals surface area contributed by atoms with Crippen LogP contribution in [0, 0.1) is 13.8 Å². The summed E-state index contributed by atoms with van der Waals surface area (Å²) in [4.78, 5) is 10.3. The third kappa shape index (κ3) is 4.74. The maximum Gasteiger partial charge on any atom is 0.270 e. The summed E-state index contributed by atoms with van der Waals surface area (Å²) in [6.45, 7) is 3.51. The number of imidazole rings is 1. The highest BCUT2D eigenvalue weighted by molar-refractivity contribution is 7.93. The van der Waals surface area contributed by atoms with Gasteiger partial charge in [0.1, 0.15) is 17.3 Å². The van der Waals surface area contributed by atoms with Crippen molar-refractivity contribution in [2.75, 3.05) is 33.2 Å². The lowest BCUT2D eigenvalue weighted by Crippen LogP contribution is -2.21. The van der Waals surface area contributed by atoms with Crippen molar-refractivity contribution in [1.29, 1.82) is 0 Å². The summed E-state index contributed by atoms with van der Waals surface area (Å²) in [7, 11) is -2.02. The van der Waals surface area contributed by atoms with Crippen LogP contribution < -0.4 is 14.4 Å². The van der Waals surface area contributed by atoms with Gasteiger partial charge >= 0.3 is 0 Å². The molecule has 0 spiro atoms. The molecule has 0 saturated carbocycles. The molecule has 0 bridgehead atoms. The van der Waals surface area contributed by atoms with Gasteiger partial charge in [0.05, 0.1) is 35.8 Å². The first-order chi connectivity index (χ1) is 17.4. The first kappa shape index (κ1) is 26.4. The average molecular weight is 545 g/mol. The standard InChI is InChI=1S/C25H28N4O6S2/c1-16-14-26-22(17(2)24(16)35-6)15-36(30,31)25-27-21-13-19(34-5)9-12-23(21)29(25)37(32,33)20-10-7-18(8-11-20)28(3)4/h7-14H,15H2,1-6H3. The minimum Gasteiger partial charge on any atom is -0.497 e. The van der Waals surface area contributed by atoms with Gasteiger partial charge in [0, 0.05) is 43.2 Å². The van der Waals surface area contributed by atoms with Gasteiger partial charge in [-0.2, -0.15) is 0 Å². The Labute approximate surface area is 216 Å². The summed E-state index contributed by atoms with van der Waals surface area (Å²) in [6, 6.07) is 10.7. The van der Waals surface area contributed by atoms with E-state index in [4.69, 9.17) is 9.47 Å². The molecule has 10 nitrogen and oxygen atoms in total. The molecule has 0 N–H and O–H groups in total. The van der Waals surface area contributed by atoms with E-state index in [0.717, 1.165) is 15.2 Å². The molecule has 0 unspecified atom stereocenters. The number of rotatable bonds is 8. The molecule has 0 amide bonds. The fraction of sp³-hybridized carbons (Fsp3) is 0.280. The van der Waals surface area contributed by atoms with Crippen molar-refractivity contribution in [3.05, 3.63) is 65.5 Å². The number of ether oxygens (including phenoxy) is 2. The Bertz CT molecular complexity index is 1690. The Morgan fingerprint density at radius 2 is 1.62 bits per heavy atom. The molecule has 0 saturated heterocycles. The molecule has 0 radical (unpaired) electrons. The van der Waals surface area contributed by atoms with Crippen LogP contribution in [-0.2, 0) is 25.6 Å². The molecule has 2 aromatic carbocycles. The summed E-state index contributed by atoms with van der Waals surface area (Å²) in [6.07, 6.45) is 1.52. The van der Waals surface area contributed by atoms with E-state index in [1.54, 1.807) is 32.0 Å². The Balaban J connectivity index is 1.93. The van der Waals surface area contributed by atoms with Crippen LogP contribution in [0.4, 0.5) is 5.69 Å². The zero-order valence-corrected chi connectivity index (χ0v) is 23.0. The van der Waals surface area contributed by atoms with Crippen molar-refractivity contribution in [3.63, 3.8) is 0 Å². The van der Waals surface area contributed by atoms with Crippen LogP contribution in [0.1, 0.15) is 16.8 Å². The summed E-state index contributed by atoms with van der Waals surface area (Å²) in [5.74, 6) is 0.368. The largest absolute Gasteiger partial charge is 0.497 e. The van der Waals surface area contributed by atoms with Gasteiger partial charge in [0.25, 0.3) is 10.0 Å². The van der Waals surface area contributed by atoms with E-state index in [1.165, 1.54) is 44.7 Å². The predicted molar refractivity (Wildman–Crippen MR) is 141 cm³/mol. The van der Waals surface area contributed by atoms with Gasteiger partial charge in [-0.3, -0.25) is 4.98 Å². The normalized spacial score (nSPS) is 12.1. The number of aryl methyl sites for hydroxylation is 1. The Morgan fingerprint density at radius 1 is 0.946 bits per heavy atom. The van der Waals surface area contributed by atoms with Crippen molar-refractivity contribution in [1.82, 2.24) is 13.9 Å². The number of pyridine rings is 1. The van der Waals surface area contributed by atoms with Gasteiger partial charge in [-0.25, -0.2) is 25.8 Å². The second kappa shape index (κ2) is 9.67. The molecule has 4 aromatic rings. The quantitative estimate of drug-likeness (QED) is 0.329. The number of anilines is 1. The molecule has 2 aromatic heterocycles. The maximum absolute atomic E-state index is 13.9. The molecule has 0 aliphatic carbocycles. The second-order valence-electron chi connectivity index (χ2n) is 8.71. The van der Waals surface area contributed by atoms with E-state index < -0.39 is 30.8 Å². The van der Waals surface area contributed by atoms with Gasteiger partial charge in [-0.05, 0) is 50.2 Å². The first-order valence-electron chi connectivity index (χ1n) is 11.2. The molecule has 0 aliphatic rings. The van der Waals surface area contributed by atoms with Crippen molar-refractivity contribution >= 4 is 36.6 Å². The van der Waals surface area contributed by atoms with Crippen LogP contribution in [-0.4, -0.2) is 59.1 Å². The molecule has 0 fully saturated rings. The first-order valence-corrected chi connectivity index (χ1v) is 14.3. The summed E-state index contributed by atoms with van der Waals surface area (Å²) >= 11 is 0. The monoisotopic (exact) mass is 544 g/mol. The van der Waals surface area contributed by atoms with Gasteiger partial charge in [-0.15, -0.1) is 0 Å². The molecule has 37 heavy (non-hydrogen) atoms. The number of hydrogen-bond donors (Lipinski definition) is 0. The van der Waals surface area contributed by atoms with Crippen LogP contribution in [0.5, 0.6) is 11.5 Å². The fourth-order valence-electron chi connectivity index (χ4n) is 4.05. The van der Waals surface area contributed by atoms with Crippen LogP contribution in [0.15, 0.2) is 58.7 Å². The fourth-order valence-corrected chi connectivity index (χ4v) is 7.41. The molecule has 4 rings (SSSR count). The average Bonchev–Trinajstić information content (AvgIpc) is 3.27. The zero-order chi connectivity index (χ0) is 27.1. The van der Waals surface area contributed by atoms with E-state index in [9.17, 15) is 16.8 Å². The Morgan fingerprint density at radius 3 is 2.22 bits per heavy atom. The van der Waals surface area contributed by atoms with Crippen LogP contribution >= 0.6 is 0 Å². The van der Waals surface area contributed by atoms with E-state index in [1.807, 2.05) is 19.0 Å². The Hall–Kier alpha value is -3.64. The summed E-state index contributed by atoms with van der Waals surface area (Å²) < 4.78 is 66.6. The van der Waals surface area contributed by atoms with E-state index in [2.05, 4.69) is 9.97 Å². The molecular weight excluding hydrogens is 516 g/mol. The van der Waals surface area contributed by atoms with Crippen LogP contribution in [0.25, 0.3) is 11.0 Å². The van der Waals surface area contributed by atoms with Gasteiger partial charge in [0.15, 0.2) is 0 Å². The van der Waals surface area contributed by atoms with E-state index in [0.29, 0.717) is 17.1 Å². The molecule has 12 heteroatoms. The number of aromatic nitrogens is 3. The smallest absolute Gasteiger partial charge is 0.270 e. The highest BCUT2D eigenvalue weighted by Crippen LogP contribution is 2.32. The highest BCUT2D eigenvalue weighted by Gasteiger charge is 2.33. The van der Waals surface area contributed by atoms with Crippen molar-refractivity contribution in [3.8, 4) is 11.5 Å². The molecule has 0 aliphatic heterocycles. The van der Waals surface area contributed by atoms with E-state index >= 15 is 0 Å². The van der Waals surface area contributed by atoms with Gasteiger partial charge in [0.2, 0.25) is 15.0 Å². The minimum atomic E-state index is -4.35. The molecule has 196 valence electrons. The lowest BCUT2D eigenvalue weighted by atomic mass is 10.1. The zero-order valence-electron chi connectivity index (χ0n) is 21.4. The van der Waals surface area contributed by atoms with E-state index in [-0.39, 0.29) is 21.6 Å². The lowest BCUT2D eigenvalue weighted by molar-refractivity contribution is 0.407. The van der Waals surface area contributed by atoms with Crippen molar-refractivity contribution in [2.24, 2.45) is 0 Å². The second-order valence-corrected chi connectivity index (χ2v) is 12.4. The number of sulfone groups is 1. The van der Waals surface area contributed by atoms with Gasteiger partial charge in [-0.1, -0.05) is 0 Å². The van der Waals surface area contributed by atoms with Crippen LogP contribution in [0.3, 0.4) is 0 Å². The molecular formula is C25H28N4O6S2. The topological polar surface area (TPSA) is 121 Å². The molecule has 0 atom stereocenters. The number of hydrogen-bond acceptors (Lipinski definition) is 9. The predicted octanol–water partition coefficient (Wildman–Crippen LogP) is 3.34. The SMILES string of the molecule is COc1ccc2c(c1)nc(S(=O)(=O)Cc1ncc(C)c(OC)c1C)n2S(=O)(=O)c1ccc(N(C)C)cc1. The van der Waals surface area contributed by atoms with Crippen molar-refractivity contribution in [2.45, 2.75) is 29.7 Å². The third-order valence-corrected chi connectivity index (χ3v) is 9.35. The third-order valence-electron chi connectivity index (χ3n) is 6.04. The summed E-state index contributed by atoms with van der Waals surface area (Å²) in [5, 5.41) is -0.604. The number of benzene rings is 2. The summed E-state index contributed by atoms with van der Waals surface area (Å²) in [5.41, 5.74) is 2.62.